The molecule has 0 aromatic heterocycles. The van der Waals surface area contributed by atoms with Crippen LogP contribution >= 0.6 is 0 Å². The van der Waals surface area contributed by atoms with E-state index in [0.717, 1.165) is 62.7 Å². The van der Waals surface area contributed by atoms with Gasteiger partial charge in [-0.1, -0.05) is 51.0 Å². The van der Waals surface area contributed by atoms with E-state index in [0.29, 0.717) is 6.54 Å². The molecule has 2 aliphatic rings. The van der Waals surface area contributed by atoms with Crippen LogP contribution in [0.4, 0.5) is 0 Å². The van der Waals surface area contributed by atoms with Gasteiger partial charge in [-0.05, 0) is 31.4 Å². The van der Waals surface area contributed by atoms with Gasteiger partial charge >= 0.3 is 5.97 Å². The fraction of sp³-hybridized carbons (Fsp3) is 0.556. The van der Waals surface area contributed by atoms with E-state index in [4.69, 9.17) is 9.84 Å². The van der Waals surface area contributed by atoms with E-state index in [1.54, 1.807) is 6.07 Å². The maximum absolute atomic E-state index is 13.0. The zero-order chi connectivity index (χ0) is 27.5. The van der Waals surface area contributed by atoms with Crippen LogP contribution < -0.4 is 15.4 Å². The van der Waals surface area contributed by atoms with Crippen LogP contribution in [0.25, 0.3) is 0 Å². The molecule has 1 unspecified atom stereocenters. The minimum absolute atomic E-state index is 0.0110. The van der Waals surface area contributed by atoms with E-state index in [2.05, 4.69) is 10.6 Å². The van der Waals surface area contributed by atoms with Gasteiger partial charge in [0.1, 0.15) is 11.8 Å². The molecule has 5 amide bonds. The van der Waals surface area contributed by atoms with Gasteiger partial charge in [0.15, 0.2) is 6.61 Å². The number of carboxylic acids is 1. The van der Waals surface area contributed by atoms with Gasteiger partial charge in [0.2, 0.25) is 11.8 Å². The number of carbonyl (C=O) groups is 6. The molecule has 2 heterocycles. The molecule has 11 heteroatoms. The average molecular weight is 530 g/mol. The quantitative estimate of drug-likeness (QED) is 0.218. The number of rotatable bonds is 16. The highest BCUT2D eigenvalue weighted by Crippen LogP contribution is 2.33. The monoisotopic (exact) mass is 529 g/mol. The third-order valence-electron chi connectivity index (χ3n) is 6.68. The van der Waals surface area contributed by atoms with E-state index < -0.39 is 35.6 Å². The number of ether oxygens (including phenoxy) is 1. The number of unbranched alkanes of at least 4 members (excludes halogenated alkanes) is 8. The molecule has 11 nitrogen and oxygen atoms in total. The van der Waals surface area contributed by atoms with Gasteiger partial charge in [0.05, 0.1) is 11.1 Å². The topological polar surface area (TPSA) is 159 Å². The molecule has 0 aliphatic carbocycles. The van der Waals surface area contributed by atoms with Crippen molar-refractivity contribution in [3.05, 3.63) is 29.3 Å². The first-order valence-electron chi connectivity index (χ1n) is 13.3. The van der Waals surface area contributed by atoms with E-state index in [1.807, 2.05) is 0 Å². The maximum atomic E-state index is 13.0. The van der Waals surface area contributed by atoms with Crippen molar-refractivity contribution in [3.8, 4) is 5.75 Å². The normalized spacial score (nSPS) is 16.8. The number of carboxylic acid groups (broad SMARTS) is 1. The van der Waals surface area contributed by atoms with Crippen LogP contribution in [-0.2, 0) is 19.2 Å². The number of piperidine rings is 1. The molecule has 0 saturated carbocycles. The summed E-state index contributed by atoms with van der Waals surface area (Å²) in [5.74, 6) is -3.44. The van der Waals surface area contributed by atoms with Crippen molar-refractivity contribution >= 4 is 35.5 Å². The van der Waals surface area contributed by atoms with Crippen molar-refractivity contribution in [1.29, 1.82) is 0 Å². The van der Waals surface area contributed by atoms with Crippen molar-refractivity contribution in [1.82, 2.24) is 15.5 Å². The lowest BCUT2D eigenvalue weighted by atomic mass is 10.0. The van der Waals surface area contributed by atoms with Gasteiger partial charge in [0.25, 0.3) is 17.7 Å². The van der Waals surface area contributed by atoms with Crippen molar-refractivity contribution in [2.24, 2.45) is 0 Å². The second-order valence-electron chi connectivity index (χ2n) is 9.59. The summed E-state index contributed by atoms with van der Waals surface area (Å²) in [4.78, 5) is 73.1. The SMILES string of the molecule is O=C(O)CCCCCCCCCCCNC(=O)COc1cccc2c1C(=O)N(C1CCC(=O)NC1=O)C2=O. The van der Waals surface area contributed by atoms with Gasteiger partial charge in [-0.15, -0.1) is 0 Å². The van der Waals surface area contributed by atoms with Gasteiger partial charge in [-0.2, -0.15) is 0 Å². The largest absolute Gasteiger partial charge is 0.483 e. The predicted octanol–water partition coefficient (Wildman–Crippen LogP) is 2.57. The molecular formula is C27H35N3O8. The second-order valence-corrected chi connectivity index (χ2v) is 9.59. The summed E-state index contributed by atoms with van der Waals surface area (Å²) in [5, 5.41) is 13.6. The molecule has 206 valence electrons. The number of imide groups is 2. The Bertz CT molecular complexity index is 1070. The zero-order valence-electron chi connectivity index (χ0n) is 21.5. The Kier molecular flexibility index (Phi) is 10.8. The lowest BCUT2D eigenvalue weighted by molar-refractivity contribution is -0.138. The van der Waals surface area contributed by atoms with Crippen LogP contribution in [0, 0.1) is 0 Å². The third-order valence-corrected chi connectivity index (χ3v) is 6.68. The summed E-state index contributed by atoms with van der Waals surface area (Å²) < 4.78 is 5.57. The highest BCUT2D eigenvalue weighted by Gasteiger charge is 2.46. The van der Waals surface area contributed by atoms with Gasteiger partial charge < -0.3 is 15.2 Å². The van der Waals surface area contributed by atoms with Gasteiger partial charge in [-0.3, -0.25) is 39.0 Å². The molecule has 0 spiro atoms. The maximum Gasteiger partial charge on any atom is 0.303 e. The Hall–Kier alpha value is -3.76. The van der Waals surface area contributed by atoms with Crippen molar-refractivity contribution in [2.45, 2.75) is 83.1 Å². The van der Waals surface area contributed by atoms with Crippen LogP contribution in [0.2, 0.25) is 0 Å². The minimum atomic E-state index is -1.07. The predicted molar refractivity (Wildman–Crippen MR) is 135 cm³/mol. The van der Waals surface area contributed by atoms with Gasteiger partial charge in [-0.25, -0.2) is 0 Å². The fourth-order valence-electron chi connectivity index (χ4n) is 4.67. The summed E-state index contributed by atoms with van der Waals surface area (Å²) >= 11 is 0. The molecule has 1 aromatic carbocycles. The molecule has 3 N–H and O–H groups in total. The Morgan fingerprint density at radius 2 is 1.61 bits per heavy atom. The second kappa shape index (κ2) is 14.3. The molecule has 1 atom stereocenters. The molecule has 0 bridgehead atoms. The van der Waals surface area contributed by atoms with Crippen molar-refractivity contribution < 1.29 is 38.6 Å². The molecule has 2 aliphatic heterocycles. The highest BCUT2D eigenvalue weighted by atomic mass is 16.5. The Morgan fingerprint density at radius 3 is 2.26 bits per heavy atom. The third kappa shape index (κ3) is 7.87. The Labute approximate surface area is 221 Å². The Balaban J connectivity index is 1.35. The summed E-state index contributed by atoms with van der Waals surface area (Å²) in [7, 11) is 0. The van der Waals surface area contributed by atoms with Crippen LogP contribution in [0.1, 0.15) is 97.8 Å². The number of fused-ring (bicyclic) bond motifs is 1. The number of nitrogens with zero attached hydrogens (tertiary/aromatic N) is 1. The van der Waals surface area contributed by atoms with Crippen LogP contribution in [-0.4, -0.2) is 64.7 Å². The first-order valence-corrected chi connectivity index (χ1v) is 13.3. The number of benzene rings is 1. The first kappa shape index (κ1) is 28.8. The smallest absolute Gasteiger partial charge is 0.303 e. The fourth-order valence-corrected chi connectivity index (χ4v) is 4.67. The number of hydrogen-bond acceptors (Lipinski definition) is 7. The summed E-state index contributed by atoms with van der Waals surface area (Å²) in [5.41, 5.74) is 0.106. The van der Waals surface area contributed by atoms with E-state index in [-0.39, 0.29) is 48.7 Å². The Morgan fingerprint density at radius 1 is 0.947 bits per heavy atom. The number of aliphatic carboxylic acids is 1. The molecule has 3 rings (SSSR count). The molecular weight excluding hydrogens is 494 g/mol. The molecule has 1 aromatic rings. The van der Waals surface area contributed by atoms with Crippen LogP contribution in [0.5, 0.6) is 5.75 Å². The summed E-state index contributed by atoms with van der Waals surface area (Å²) in [6.07, 6.45) is 9.30. The van der Waals surface area contributed by atoms with Crippen molar-refractivity contribution in [2.75, 3.05) is 13.2 Å². The minimum Gasteiger partial charge on any atom is -0.483 e. The number of amides is 5. The van der Waals surface area contributed by atoms with E-state index in [9.17, 15) is 28.8 Å². The number of carbonyl (C=O) groups excluding carboxylic acids is 5. The number of nitrogens with one attached hydrogen (secondary N) is 2. The van der Waals surface area contributed by atoms with Crippen LogP contribution in [0.3, 0.4) is 0 Å². The number of hydrogen-bond donors (Lipinski definition) is 3. The molecule has 0 radical (unpaired) electrons. The standard InChI is InChI=1S/C27H35N3O8/c31-21-15-14-19(25(35)29-21)30-26(36)18-11-10-12-20(24(18)27(30)37)38-17-22(32)28-16-9-7-5-3-1-2-4-6-8-13-23(33)34/h10-12,19H,1-9,13-17H2,(H,28,32)(H,33,34)(H,29,31,35). The zero-order valence-corrected chi connectivity index (χ0v) is 21.5. The lowest BCUT2D eigenvalue weighted by Crippen LogP contribution is -2.54. The van der Waals surface area contributed by atoms with E-state index >= 15 is 0 Å². The molecule has 38 heavy (non-hydrogen) atoms. The lowest BCUT2D eigenvalue weighted by Gasteiger charge is -2.27. The molecule has 1 saturated heterocycles. The van der Waals surface area contributed by atoms with E-state index in [1.165, 1.54) is 12.1 Å². The molecule has 1 fully saturated rings. The first-order chi connectivity index (χ1) is 18.3. The average Bonchev–Trinajstić information content (AvgIpc) is 3.13. The van der Waals surface area contributed by atoms with Crippen LogP contribution in [0.15, 0.2) is 18.2 Å². The summed E-state index contributed by atoms with van der Waals surface area (Å²) in [6, 6.07) is 3.44. The van der Waals surface area contributed by atoms with Gasteiger partial charge in [0, 0.05) is 19.4 Å². The summed E-state index contributed by atoms with van der Waals surface area (Å²) in [6.45, 7) is 0.184. The highest BCUT2D eigenvalue weighted by molar-refractivity contribution is 6.24. The van der Waals surface area contributed by atoms with Crippen molar-refractivity contribution in [3.63, 3.8) is 0 Å².